The van der Waals surface area contributed by atoms with Gasteiger partial charge in [-0.25, -0.2) is 0 Å². The summed E-state index contributed by atoms with van der Waals surface area (Å²) in [4.78, 5) is 0. The molecule has 0 aliphatic heterocycles. The topological polar surface area (TPSA) is 80.4 Å². The highest BCUT2D eigenvalue weighted by molar-refractivity contribution is 6.23. The van der Waals surface area contributed by atoms with Crippen molar-refractivity contribution in [1.29, 1.82) is 10.5 Å². The number of para-hydroxylation sites is 1. The number of aromatic nitrogens is 4. The SMILES string of the molecule is Cc1ccc2c(c1)c1cc(C)ccc1n2-c1c(C#N)c(-n2c3ccc(C)cc3c3cc(C)ccc32)c(-n2c3ccc(C)cc3c3ccc4c5ccccc5oc4c32)c(C#N)c1-n1c2ccc(C)cc2c2cc(C)ccc21. The maximum Gasteiger partial charge on any atom is 0.160 e. The summed E-state index contributed by atoms with van der Waals surface area (Å²) in [6, 6.07) is 64.6. The Hall–Kier alpha value is -9.82. The number of nitriles is 2. The van der Waals surface area contributed by atoms with Crippen LogP contribution in [0.4, 0.5) is 0 Å². The molecule has 360 valence electrons. The van der Waals surface area contributed by atoms with E-state index in [0.717, 1.165) is 143 Å². The number of fused-ring (bicyclic) bond motifs is 16. The van der Waals surface area contributed by atoms with Gasteiger partial charge in [0.2, 0.25) is 0 Å². The van der Waals surface area contributed by atoms with Gasteiger partial charge in [0, 0.05) is 53.9 Å². The fraction of sp³-hybridized carbons (Fsp3) is 0.101. The molecule has 10 aromatic carbocycles. The minimum absolute atomic E-state index is 0.403. The van der Waals surface area contributed by atoms with Crippen molar-refractivity contribution in [3.8, 4) is 34.9 Å². The maximum absolute atomic E-state index is 12.8. The fourth-order valence-electron chi connectivity index (χ4n) is 12.9. The summed E-state index contributed by atoms with van der Waals surface area (Å²) in [6.07, 6.45) is 0. The summed E-state index contributed by atoms with van der Waals surface area (Å²) in [7, 11) is 0. The third-order valence-corrected chi connectivity index (χ3v) is 16.2. The molecule has 0 atom stereocenters. The molecule has 76 heavy (non-hydrogen) atoms. The molecule has 7 nitrogen and oxygen atoms in total. The van der Waals surface area contributed by atoms with Gasteiger partial charge in [0.25, 0.3) is 0 Å². The first-order valence-electron chi connectivity index (χ1n) is 25.9. The van der Waals surface area contributed by atoms with E-state index in [2.05, 4.69) is 224 Å². The zero-order valence-electron chi connectivity index (χ0n) is 43.2. The van der Waals surface area contributed by atoms with Crippen LogP contribution in [0.3, 0.4) is 0 Å². The van der Waals surface area contributed by atoms with Crippen molar-refractivity contribution < 1.29 is 4.42 Å². The molecule has 0 unspecified atom stereocenters. The van der Waals surface area contributed by atoms with Gasteiger partial charge in [0.15, 0.2) is 5.58 Å². The molecule has 5 aromatic heterocycles. The zero-order chi connectivity index (χ0) is 51.6. The summed E-state index contributed by atoms with van der Waals surface area (Å²) in [5.41, 5.74) is 19.8. The van der Waals surface area contributed by atoms with Gasteiger partial charge in [-0.15, -0.1) is 0 Å². The molecule has 15 aromatic rings. The van der Waals surface area contributed by atoms with Gasteiger partial charge in [0.1, 0.15) is 28.8 Å². The summed E-state index contributed by atoms with van der Waals surface area (Å²) in [5, 5.41) is 36.0. The molecule has 0 amide bonds. The number of hydrogen-bond acceptors (Lipinski definition) is 3. The average molecular weight is 977 g/mol. The molecule has 0 aliphatic rings. The second-order valence-electron chi connectivity index (χ2n) is 21.3. The Morgan fingerprint density at radius 1 is 0.303 bits per heavy atom. The second-order valence-corrected chi connectivity index (χ2v) is 21.3. The molecular weight excluding hydrogens is 929 g/mol. The first-order chi connectivity index (χ1) is 37.0. The first-order valence-corrected chi connectivity index (χ1v) is 25.9. The van der Waals surface area contributed by atoms with Crippen molar-refractivity contribution in [1.82, 2.24) is 18.3 Å². The first kappa shape index (κ1) is 43.7. The third kappa shape index (κ3) is 5.85. The summed E-state index contributed by atoms with van der Waals surface area (Å²) in [5.74, 6) is 0. The Labute approximate surface area is 437 Å². The van der Waals surface area contributed by atoms with Crippen LogP contribution in [0, 0.1) is 71.1 Å². The van der Waals surface area contributed by atoms with Crippen molar-refractivity contribution in [2.75, 3.05) is 0 Å². The highest BCUT2D eigenvalue weighted by atomic mass is 16.3. The molecule has 0 fully saturated rings. The Morgan fingerprint density at radius 2 is 0.592 bits per heavy atom. The monoisotopic (exact) mass is 976 g/mol. The van der Waals surface area contributed by atoms with Gasteiger partial charge < -0.3 is 22.7 Å². The fourth-order valence-corrected chi connectivity index (χ4v) is 12.9. The molecule has 15 rings (SSSR count). The maximum atomic E-state index is 12.8. The van der Waals surface area contributed by atoms with E-state index in [4.69, 9.17) is 4.42 Å². The highest BCUT2D eigenvalue weighted by Crippen LogP contribution is 2.50. The van der Waals surface area contributed by atoms with Gasteiger partial charge in [-0.2, -0.15) is 10.5 Å². The van der Waals surface area contributed by atoms with E-state index in [1.165, 1.54) is 0 Å². The lowest BCUT2D eigenvalue weighted by molar-refractivity contribution is 0.671. The van der Waals surface area contributed by atoms with Crippen molar-refractivity contribution in [2.45, 2.75) is 48.5 Å². The van der Waals surface area contributed by atoms with Crippen LogP contribution in [0.5, 0.6) is 0 Å². The zero-order valence-corrected chi connectivity index (χ0v) is 43.2. The molecule has 0 radical (unpaired) electrons. The molecule has 7 heteroatoms. The van der Waals surface area contributed by atoms with Crippen LogP contribution in [-0.2, 0) is 0 Å². The Balaban J connectivity index is 1.29. The van der Waals surface area contributed by atoms with Crippen LogP contribution < -0.4 is 0 Å². The van der Waals surface area contributed by atoms with E-state index in [0.29, 0.717) is 39.5 Å². The van der Waals surface area contributed by atoms with Crippen LogP contribution in [0.25, 0.3) is 132 Å². The number of rotatable bonds is 4. The van der Waals surface area contributed by atoms with E-state index < -0.39 is 0 Å². The van der Waals surface area contributed by atoms with Crippen LogP contribution >= 0.6 is 0 Å². The second kappa shape index (κ2) is 15.6. The number of hydrogen-bond donors (Lipinski definition) is 0. The number of benzene rings is 10. The lowest BCUT2D eigenvalue weighted by Crippen LogP contribution is -2.16. The van der Waals surface area contributed by atoms with Crippen molar-refractivity contribution in [3.05, 3.63) is 214 Å². The van der Waals surface area contributed by atoms with E-state index in [1.807, 2.05) is 18.2 Å². The number of nitrogens with zero attached hydrogens (tertiary/aromatic N) is 6. The number of furan rings is 1. The lowest BCUT2D eigenvalue weighted by Gasteiger charge is -2.27. The Morgan fingerprint density at radius 3 is 0.934 bits per heavy atom. The lowest BCUT2D eigenvalue weighted by atomic mass is 9.98. The quantitative estimate of drug-likeness (QED) is 0.176. The van der Waals surface area contributed by atoms with E-state index in [9.17, 15) is 10.5 Å². The van der Waals surface area contributed by atoms with Crippen LogP contribution in [0.1, 0.15) is 50.1 Å². The minimum Gasteiger partial charge on any atom is -0.454 e. The van der Waals surface area contributed by atoms with Crippen molar-refractivity contribution in [3.63, 3.8) is 0 Å². The molecule has 0 spiro atoms. The van der Waals surface area contributed by atoms with Crippen LogP contribution in [0.15, 0.2) is 168 Å². The van der Waals surface area contributed by atoms with Crippen LogP contribution in [-0.4, -0.2) is 18.3 Å². The molecule has 0 saturated carbocycles. The molecule has 0 N–H and O–H groups in total. The van der Waals surface area contributed by atoms with Gasteiger partial charge >= 0.3 is 0 Å². The largest absolute Gasteiger partial charge is 0.454 e. The number of aryl methyl sites for hydroxylation is 7. The molecule has 0 saturated heterocycles. The smallest absolute Gasteiger partial charge is 0.160 e. The molecule has 5 heterocycles. The Kier molecular flexibility index (Phi) is 8.98. The third-order valence-electron chi connectivity index (χ3n) is 16.2. The summed E-state index contributed by atoms with van der Waals surface area (Å²) >= 11 is 0. The van der Waals surface area contributed by atoms with E-state index in [-0.39, 0.29) is 0 Å². The van der Waals surface area contributed by atoms with Gasteiger partial charge in [-0.1, -0.05) is 106 Å². The highest BCUT2D eigenvalue weighted by Gasteiger charge is 2.35. The Bertz CT molecular complexity index is 5040. The van der Waals surface area contributed by atoms with Crippen LogP contribution in [0.2, 0.25) is 0 Å². The predicted molar refractivity (Wildman–Crippen MR) is 314 cm³/mol. The summed E-state index contributed by atoms with van der Waals surface area (Å²) < 4.78 is 16.2. The normalized spacial score (nSPS) is 12.1. The van der Waals surface area contributed by atoms with Gasteiger partial charge in [-0.3, -0.25) is 0 Å². The average Bonchev–Trinajstić information content (AvgIpc) is 4.34. The molecule has 0 bridgehead atoms. The minimum atomic E-state index is 0.403. The van der Waals surface area contributed by atoms with Crippen molar-refractivity contribution in [2.24, 2.45) is 0 Å². The van der Waals surface area contributed by atoms with Crippen molar-refractivity contribution >= 4 is 109 Å². The molecular formula is C69H48N6O. The van der Waals surface area contributed by atoms with E-state index in [1.54, 1.807) is 0 Å². The summed E-state index contributed by atoms with van der Waals surface area (Å²) in [6.45, 7) is 14.9. The van der Waals surface area contributed by atoms with E-state index >= 15 is 0 Å². The van der Waals surface area contributed by atoms with Gasteiger partial charge in [-0.05, 0) is 146 Å². The molecule has 0 aliphatic carbocycles. The van der Waals surface area contributed by atoms with Gasteiger partial charge in [0.05, 0.1) is 66.9 Å². The predicted octanol–water partition coefficient (Wildman–Crippen LogP) is 17.9. The standard InChI is InChI=1S/C69H48N6O/c1-37-18-27-62-47(28-37)45-19-20-46-44-10-8-9-11-63(44)76-69(46)68(45)75(62)67-55(36-71)65(73-58-23-14-40(4)31-50(58)51-32-41(5)15-24-59(51)73)64(72-56-21-12-38(2)29-48(56)49-30-39(3)13-22-57(49)72)54(35-70)66(67)74-60-25-16-42(6)33-52(60)53-34-43(7)17-26-61(53)74/h8-34H,1-7H3.